The van der Waals surface area contributed by atoms with Gasteiger partial charge in [0.2, 0.25) is 0 Å². The van der Waals surface area contributed by atoms with Crippen molar-refractivity contribution >= 4 is 12.0 Å². The van der Waals surface area contributed by atoms with Crippen molar-refractivity contribution in [1.82, 2.24) is 14.8 Å². The molecule has 138 valence electrons. The highest BCUT2D eigenvalue weighted by molar-refractivity contribution is 5.95. The number of rotatable bonds is 7. The van der Waals surface area contributed by atoms with Crippen molar-refractivity contribution < 1.29 is 9.90 Å². The van der Waals surface area contributed by atoms with E-state index in [1.807, 2.05) is 54.1 Å². The first-order valence-corrected chi connectivity index (χ1v) is 9.14. The van der Waals surface area contributed by atoms with Crippen LogP contribution >= 0.6 is 0 Å². The van der Waals surface area contributed by atoms with Gasteiger partial charge in [0.1, 0.15) is 0 Å². The second-order valence-corrected chi connectivity index (χ2v) is 6.26. The van der Waals surface area contributed by atoms with Crippen molar-refractivity contribution in [2.75, 3.05) is 0 Å². The third kappa shape index (κ3) is 4.31. The van der Waals surface area contributed by atoms with E-state index in [9.17, 15) is 9.90 Å². The number of aromatic carboxylic acids is 1. The molecule has 0 aliphatic heterocycles. The summed E-state index contributed by atoms with van der Waals surface area (Å²) < 4.78 is 1.91. The summed E-state index contributed by atoms with van der Waals surface area (Å²) in [4.78, 5) is 16.0. The largest absolute Gasteiger partial charge is 0.478 e. The number of carbonyl (C=O) groups is 1. The molecule has 0 spiro atoms. The average molecular weight is 361 g/mol. The van der Waals surface area contributed by atoms with Crippen LogP contribution in [-0.2, 0) is 13.0 Å². The molecule has 1 N–H and O–H groups in total. The molecule has 0 bridgehead atoms. The van der Waals surface area contributed by atoms with Gasteiger partial charge in [0.25, 0.3) is 0 Å². The highest BCUT2D eigenvalue weighted by Gasteiger charge is 2.11. The molecular formula is C22H23N3O2. The van der Waals surface area contributed by atoms with Gasteiger partial charge in [-0.3, -0.25) is 0 Å². The second-order valence-electron chi connectivity index (χ2n) is 6.26. The number of aromatic nitrogens is 3. The highest BCUT2D eigenvalue weighted by atomic mass is 16.4. The maximum absolute atomic E-state index is 11.4. The fourth-order valence-corrected chi connectivity index (χ4v) is 2.90. The van der Waals surface area contributed by atoms with Crippen molar-refractivity contribution in [1.29, 1.82) is 0 Å². The number of hydrogen-bond donors (Lipinski definition) is 1. The first-order chi connectivity index (χ1) is 13.1. The van der Waals surface area contributed by atoms with Crippen LogP contribution in [0.5, 0.6) is 0 Å². The Morgan fingerprint density at radius 2 is 1.85 bits per heavy atom. The Labute approximate surface area is 159 Å². The summed E-state index contributed by atoms with van der Waals surface area (Å²) in [5, 5.41) is 13.9. The van der Waals surface area contributed by atoms with Crippen molar-refractivity contribution in [3.05, 3.63) is 77.4 Å². The van der Waals surface area contributed by atoms with E-state index < -0.39 is 5.97 Å². The second kappa shape index (κ2) is 8.45. The number of hydrogen-bond acceptors (Lipinski definition) is 3. The molecule has 0 radical (unpaired) electrons. The van der Waals surface area contributed by atoms with E-state index in [4.69, 9.17) is 0 Å². The van der Waals surface area contributed by atoms with Gasteiger partial charge in [-0.25, -0.2) is 14.5 Å². The smallest absolute Gasteiger partial charge is 0.336 e. The summed E-state index contributed by atoms with van der Waals surface area (Å²) in [6, 6.07) is 15.0. The van der Waals surface area contributed by atoms with Crippen LogP contribution in [0.4, 0.5) is 0 Å². The van der Waals surface area contributed by atoms with E-state index in [0.29, 0.717) is 12.1 Å². The molecule has 0 amide bonds. The van der Waals surface area contributed by atoms with Gasteiger partial charge >= 0.3 is 5.97 Å². The van der Waals surface area contributed by atoms with Crippen molar-refractivity contribution in [3.63, 3.8) is 0 Å². The molecule has 0 aliphatic rings. The van der Waals surface area contributed by atoms with Gasteiger partial charge in [0.05, 0.1) is 12.1 Å². The predicted octanol–water partition coefficient (Wildman–Crippen LogP) is 4.68. The van der Waals surface area contributed by atoms with E-state index in [0.717, 1.165) is 41.2 Å². The summed E-state index contributed by atoms with van der Waals surface area (Å²) in [6.07, 6.45) is 5.83. The van der Waals surface area contributed by atoms with Gasteiger partial charge in [-0.1, -0.05) is 62.4 Å². The number of carboxylic acids is 1. The summed E-state index contributed by atoms with van der Waals surface area (Å²) in [5.41, 5.74) is 3.00. The molecule has 0 unspecified atom stereocenters. The highest BCUT2D eigenvalue weighted by Crippen LogP contribution is 2.24. The molecule has 0 saturated heterocycles. The lowest BCUT2D eigenvalue weighted by molar-refractivity contribution is 0.0697. The lowest BCUT2D eigenvalue weighted by Crippen LogP contribution is -2.04. The van der Waals surface area contributed by atoms with Gasteiger partial charge < -0.3 is 5.11 Å². The molecule has 1 aromatic heterocycles. The topological polar surface area (TPSA) is 68.0 Å². The van der Waals surface area contributed by atoms with Crippen LogP contribution in [0.3, 0.4) is 0 Å². The molecule has 0 atom stereocenters. The number of benzene rings is 2. The van der Waals surface area contributed by atoms with E-state index in [2.05, 4.69) is 23.1 Å². The van der Waals surface area contributed by atoms with E-state index in [1.165, 1.54) is 0 Å². The number of allylic oxidation sites excluding steroid dienone is 1. The van der Waals surface area contributed by atoms with Crippen LogP contribution < -0.4 is 0 Å². The minimum Gasteiger partial charge on any atom is -0.478 e. The van der Waals surface area contributed by atoms with Crippen LogP contribution in [0.1, 0.15) is 47.8 Å². The summed E-state index contributed by atoms with van der Waals surface area (Å²) in [6.45, 7) is 4.75. The maximum Gasteiger partial charge on any atom is 0.336 e. The lowest BCUT2D eigenvalue weighted by Gasteiger charge is -2.08. The van der Waals surface area contributed by atoms with Crippen LogP contribution in [0.25, 0.3) is 17.2 Å². The summed E-state index contributed by atoms with van der Waals surface area (Å²) >= 11 is 0. The Bertz CT molecular complexity index is 956. The third-order valence-corrected chi connectivity index (χ3v) is 4.32. The quantitative estimate of drug-likeness (QED) is 0.663. The Morgan fingerprint density at radius 3 is 2.52 bits per heavy atom. The van der Waals surface area contributed by atoms with Crippen LogP contribution in [0.2, 0.25) is 0 Å². The minimum atomic E-state index is -0.920. The fourth-order valence-electron chi connectivity index (χ4n) is 2.90. The first kappa shape index (κ1) is 18.6. The Hall–Kier alpha value is -3.21. The third-order valence-electron chi connectivity index (χ3n) is 4.32. The van der Waals surface area contributed by atoms with Crippen LogP contribution in [0.15, 0.2) is 54.6 Å². The van der Waals surface area contributed by atoms with Crippen molar-refractivity contribution in [3.8, 4) is 11.1 Å². The van der Waals surface area contributed by atoms with Gasteiger partial charge in [-0.15, -0.1) is 0 Å². The molecule has 3 aromatic rings. The first-order valence-electron chi connectivity index (χ1n) is 9.14. The average Bonchev–Trinajstić information content (AvgIpc) is 3.08. The Kier molecular flexibility index (Phi) is 5.81. The standard InChI is InChI=1S/C22H23N3O2/c1-3-5-10-21-23-20(4-2)24-25(21)15-16-11-13-17(14-12-16)18-8-6-7-9-19(18)22(26)27/h5-14H,3-4,15H2,1-2H3,(H,26,27)/b10-5+. The van der Waals surface area contributed by atoms with Crippen molar-refractivity contribution in [2.45, 2.75) is 33.2 Å². The predicted molar refractivity (Wildman–Crippen MR) is 107 cm³/mol. The van der Waals surface area contributed by atoms with Gasteiger partial charge in [-0.2, -0.15) is 5.10 Å². The molecule has 5 heteroatoms. The Morgan fingerprint density at radius 1 is 1.11 bits per heavy atom. The van der Waals surface area contributed by atoms with Crippen LogP contribution in [-0.4, -0.2) is 25.8 Å². The molecular weight excluding hydrogens is 338 g/mol. The minimum absolute atomic E-state index is 0.307. The molecule has 3 rings (SSSR count). The number of carboxylic acid groups (broad SMARTS) is 1. The SMILES string of the molecule is CC/C=C/c1nc(CC)nn1Cc1ccc(-c2ccccc2C(=O)O)cc1. The molecule has 0 aliphatic carbocycles. The van der Waals surface area contributed by atoms with E-state index >= 15 is 0 Å². The van der Waals surface area contributed by atoms with Crippen molar-refractivity contribution in [2.24, 2.45) is 0 Å². The molecule has 0 saturated carbocycles. The molecule has 1 heterocycles. The zero-order chi connectivity index (χ0) is 19.2. The molecule has 27 heavy (non-hydrogen) atoms. The summed E-state index contributed by atoms with van der Waals surface area (Å²) in [7, 11) is 0. The van der Waals surface area contributed by atoms with E-state index in [1.54, 1.807) is 12.1 Å². The van der Waals surface area contributed by atoms with Gasteiger partial charge in [0, 0.05) is 6.42 Å². The molecule has 5 nitrogen and oxygen atoms in total. The van der Waals surface area contributed by atoms with Crippen LogP contribution in [0, 0.1) is 0 Å². The number of nitrogens with zero attached hydrogens (tertiary/aromatic N) is 3. The zero-order valence-corrected chi connectivity index (χ0v) is 15.6. The zero-order valence-electron chi connectivity index (χ0n) is 15.6. The fraction of sp³-hybridized carbons (Fsp3) is 0.227. The molecule has 0 fully saturated rings. The monoisotopic (exact) mass is 361 g/mol. The lowest BCUT2D eigenvalue weighted by atomic mass is 9.99. The van der Waals surface area contributed by atoms with E-state index in [-0.39, 0.29) is 0 Å². The maximum atomic E-state index is 11.4. The number of aryl methyl sites for hydroxylation is 1. The van der Waals surface area contributed by atoms with Gasteiger partial charge in [0.15, 0.2) is 11.6 Å². The summed E-state index contributed by atoms with van der Waals surface area (Å²) in [5.74, 6) is 0.767. The Balaban J connectivity index is 1.86. The van der Waals surface area contributed by atoms with Gasteiger partial charge in [-0.05, 0) is 35.3 Å². The normalized spacial score (nSPS) is 11.2. The molecule has 2 aromatic carbocycles.